The van der Waals surface area contributed by atoms with Gasteiger partial charge in [-0.1, -0.05) is 48.0 Å². The fraction of sp³-hybridized carbons (Fsp3) is 0.222. The molecular weight excluding hydrogens is 381 g/mol. The number of amides is 1. The lowest BCUT2D eigenvalue weighted by Gasteiger charge is -2.14. The Morgan fingerprint density at radius 2 is 1.92 bits per heavy atom. The van der Waals surface area contributed by atoms with Gasteiger partial charge in [-0.25, -0.2) is 14.0 Å². The van der Waals surface area contributed by atoms with Gasteiger partial charge in [0.15, 0.2) is 0 Å². The third-order valence-electron chi connectivity index (χ3n) is 3.34. The van der Waals surface area contributed by atoms with Gasteiger partial charge in [0.25, 0.3) is 0 Å². The number of aliphatic carboxylic acids is 1. The van der Waals surface area contributed by atoms with Gasteiger partial charge in [-0.05, 0) is 23.3 Å². The summed E-state index contributed by atoms with van der Waals surface area (Å²) in [7, 11) is 0. The van der Waals surface area contributed by atoms with Crippen molar-refractivity contribution in [3.8, 4) is 0 Å². The van der Waals surface area contributed by atoms with Crippen molar-refractivity contribution >= 4 is 35.4 Å². The van der Waals surface area contributed by atoms with Crippen molar-refractivity contribution in [1.29, 1.82) is 0 Å². The zero-order valence-corrected chi connectivity index (χ0v) is 15.2. The molecule has 2 rings (SSSR count). The fourth-order valence-electron chi connectivity index (χ4n) is 2.01. The van der Waals surface area contributed by atoms with Crippen LogP contribution < -0.4 is 5.32 Å². The van der Waals surface area contributed by atoms with E-state index in [1.54, 1.807) is 18.2 Å². The van der Waals surface area contributed by atoms with Crippen LogP contribution in [0.15, 0.2) is 48.5 Å². The first-order valence-corrected chi connectivity index (χ1v) is 9.20. The largest absolute Gasteiger partial charge is 0.480 e. The average molecular weight is 398 g/mol. The Bertz CT molecular complexity index is 760. The number of alkyl carbamates (subject to hydrolysis) is 1. The number of rotatable bonds is 8. The highest BCUT2D eigenvalue weighted by Gasteiger charge is 2.20. The first-order valence-electron chi connectivity index (χ1n) is 7.67. The number of carboxylic acid groups (broad SMARTS) is 1. The first-order chi connectivity index (χ1) is 12.5. The number of carbonyl (C=O) groups excluding carboxylic acids is 1. The van der Waals surface area contributed by atoms with E-state index in [1.165, 1.54) is 23.9 Å². The highest BCUT2D eigenvalue weighted by Crippen LogP contribution is 2.20. The smallest absolute Gasteiger partial charge is 0.408 e. The Morgan fingerprint density at radius 1 is 1.19 bits per heavy atom. The van der Waals surface area contributed by atoms with E-state index >= 15 is 0 Å². The Balaban J connectivity index is 1.79. The molecule has 0 saturated carbocycles. The molecule has 0 spiro atoms. The molecule has 1 unspecified atom stereocenters. The predicted molar refractivity (Wildman–Crippen MR) is 98.8 cm³/mol. The Hall–Kier alpha value is -2.25. The third kappa shape index (κ3) is 6.57. The minimum atomic E-state index is -1.16. The molecule has 5 nitrogen and oxygen atoms in total. The summed E-state index contributed by atoms with van der Waals surface area (Å²) in [5.74, 6) is -1.10. The van der Waals surface area contributed by atoms with Gasteiger partial charge in [0.1, 0.15) is 18.5 Å². The van der Waals surface area contributed by atoms with Crippen LogP contribution >= 0.6 is 23.4 Å². The van der Waals surface area contributed by atoms with Crippen molar-refractivity contribution in [2.24, 2.45) is 0 Å². The molecule has 8 heteroatoms. The van der Waals surface area contributed by atoms with Crippen LogP contribution in [0.2, 0.25) is 5.02 Å². The van der Waals surface area contributed by atoms with Crippen LogP contribution in [0, 0.1) is 5.82 Å². The van der Waals surface area contributed by atoms with Crippen LogP contribution in [-0.2, 0) is 21.9 Å². The molecule has 2 aromatic carbocycles. The van der Waals surface area contributed by atoms with Gasteiger partial charge in [0, 0.05) is 11.5 Å². The zero-order valence-electron chi connectivity index (χ0n) is 13.7. The SMILES string of the molecule is O=C(NC(CSCc1ccc(F)c(Cl)c1)C(=O)O)OCc1ccccc1. The second kappa shape index (κ2) is 10.0. The van der Waals surface area contributed by atoms with E-state index in [0.29, 0.717) is 5.75 Å². The molecule has 0 aromatic heterocycles. The van der Waals surface area contributed by atoms with Gasteiger partial charge in [-0.3, -0.25) is 0 Å². The van der Waals surface area contributed by atoms with Crippen LogP contribution in [-0.4, -0.2) is 29.0 Å². The summed E-state index contributed by atoms with van der Waals surface area (Å²) in [4.78, 5) is 23.1. The van der Waals surface area contributed by atoms with Gasteiger partial charge in [0.2, 0.25) is 0 Å². The van der Waals surface area contributed by atoms with Crippen LogP contribution in [0.4, 0.5) is 9.18 Å². The first kappa shape index (κ1) is 20.1. The molecule has 1 atom stereocenters. The average Bonchev–Trinajstić information content (AvgIpc) is 2.63. The molecule has 0 radical (unpaired) electrons. The summed E-state index contributed by atoms with van der Waals surface area (Å²) < 4.78 is 18.1. The topological polar surface area (TPSA) is 75.6 Å². The Morgan fingerprint density at radius 3 is 2.58 bits per heavy atom. The highest BCUT2D eigenvalue weighted by molar-refractivity contribution is 7.98. The Kier molecular flexibility index (Phi) is 7.74. The predicted octanol–water partition coefficient (Wildman–Crippen LogP) is 4.09. The molecule has 26 heavy (non-hydrogen) atoms. The van der Waals surface area contributed by atoms with E-state index in [4.69, 9.17) is 16.3 Å². The van der Waals surface area contributed by atoms with Crippen molar-refractivity contribution in [2.75, 3.05) is 5.75 Å². The van der Waals surface area contributed by atoms with Crippen molar-refractivity contribution in [2.45, 2.75) is 18.4 Å². The number of hydrogen-bond acceptors (Lipinski definition) is 4. The molecule has 1 amide bonds. The number of halogens is 2. The number of ether oxygens (including phenoxy) is 1. The van der Waals surface area contributed by atoms with E-state index in [1.807, 2.05) is 18.2 Å². The van der Waals surface area contributed by atoms with Crippen LogP contribution in [0.1, 0.15) is 11.1 Å². The van der Waals surface area contributed by atoms with Gasteiger partial charge >= 0.3 is 12.1 Å². The molecule has 0 heterocycles. The number of benzene rings is 2. The van der Waals surface area contributed by atoms with Gasteiger partial charge < -0.3 is 15.2 Å². The van der Waals surface area contributed by atoms with Crippen molar-refractivity contribution in [1.82, 2.24) is 5.32 Å². The fourth-order valence-corrected chi connectivity index (χ4v) is 3.20. The van der Waals surface area contributed by atoms with E-state index in [9.17, 15) is 19.1 Å². The van der Waals surface area contributed by atoms with Crippen molar-refractivity contribution in [3.05, 3.63) is 70.5 Å². The van der Waals surface area contributed by atoms with E-state index in [2.05, 4.69) is 5.32 Å². The normalized spacial score (nSPS) is 11.6. The molecule has 0 bridgehead atoms. The van der Waals surface area contributed by atoms with Crippen LogP contribution in [0.3, 0.4) is 0 Å². The number of nitrogens with one attached hydrogen (secondary N) is 1. The summed E-state index contributed by atoms with van der Waals surface area (Å²) in [5, 5.41) is 11.6. The summed E-state index contributed by atoms with van der Waals surface area (Å²) in [6.07, 6.45) is -0.799. The van der Waals surface area contributed by atoms with Crippen molar-refractivity contribution < 1.29 is 23.8 Å². The lowest BCUT2D eigenvalue weighted by molar-refractivity contribution is -0.138. The molecule has 2 N–H and O–H groups in total. The number of carboxylic acids is 1. The van der Waals surface area contributed by atoms with Crippen LogP contribution in [0.5, 0.6) is 0 Å². The summed E-state index contributed by atoms with van der Waals surface area (Å²) in [6.45, 7) is 0.0558. The number of thioether (sulfide) groups is 1. The minimum Gasteiger partial charge on any atom is -0.480 e. The molecule has 0 aliphatic rings. The summed E-state index contributed by atoms with van der Waals surface area (Å²) in [5.41, 5.74) is 1.56. The maximum atomic E-state index is 13.1. The molecule has 0 saturated heterocycles. The molecule has 0 aliphatic heterocycles. The molecular formula is C18H17ClFNO4S. The number of hydrogen-bond donors (Lipinski definition) is 2. The zero-order chi connectivity index (χ0) is 18.9. The van der Waals surface area contributed by atoms with E-state index in [-0.39, 0.29) is 17.4 Å². The maximum Gasteiger partial charge on any atom is 0.408 e. The third-order valence-corrected chi connectivity index (χ3v) is 4.74. The van der Waals surface area contributed by atoms with Gasteiger partial charge in [0.05, 0.1) is 5.02 Å². The molecule has 2 aromatic rings. The monoisotopic (exact) mass is 397 g/mol. The molecule has 0 aliphatic carbocycles. The molecule has 0 fully saturated rings. The second-order valence-electron chi connectivity index (χ2n) is 5.36. The van der Waals surface area contributed by atoms with Gasteiger partial charge in [-0.15, -0.1) is 0 Å². The summed E-state index contributed by atoms with van der Waals surface area (Å²) >= 11 is 6.99. The highest BCUT2D eigenvalue weighted by atomic mass is 35.5. The second-order valence-corrected chi connectivity index (χ2v) is 6.80. The lowest BCUT2D eigenvalue weighted by atomic mass is 10.2. The number of carbonyl (C=O) groups is 2. The van der Waals surface area contributed by atoms with Gasteiger partial charge in [-0.2, -0.15) is 11.8 Å². The summed E-state index contributed by atoms with van der Waals surface area (Å²) in [6, 6.07) is 12.3. The van der Waals surface area contributed by atoms with Crippen molar-refractivity contribution in [3.63, 3.8) is 0 Å². The van der Waals surface area contributed by atoms with E-state index in [0.717, 1.165) is 11.1 Å². The standard InChI is InChI=1S/C18H17ClFNO4S/c19-14-8-13(6-7-15(14)20)10-26-11-16(17(22)23)21-18(24)25-9-12-4-2-1-3-5-12/h1-8,16H,9-11H2,(H,21,24)(H,22,23). The molecule has 138 valence electrons. The Labute approximate surface area is 159 Å². The maximum absolute atomic E-state index is 13.1. The quantitative estimate of drug-likeness (QED) is 0.701. The van der Waals surface area contributed by atoms with Crippen LogP contribution in [0.25, 0.3) is 0 Å². The van der Waals surface area contributed by atoms with E-state index < -0.39 is 23.9 Å². The lowest BCUT2D eigenvalue weighted by Crippen LogP contribution is -2.42. The minimum absolute atomic E-state index is 0.0144.